The number of amides is 1. The summed E-state index contributed by atoms with van der Waals surface area (Å²) in [4.78, 5) is 15.2. The van der Waals surface area contributed by atoms with Crippen molar-refractivity contribution in [2.24, 2.45) is 0 Å². The van der Waals surface area contributed by atoms with Crippen LogP contribution < -0.4 is 28.6 Å². The highest BCUT2D eigenvalue weighted by Crippen LogP contribution is 2.41. The lowest BCUT2D eigenvalue weighted by molar-refractivity contribution is -0.118. The van der Waals surface area contributed by atoms with E-state index in [0.717, 1.165) is 16.9 Å². The van der Waals surface area contributed by atoms with Crippen LogP contribution in [0.25, 0.3) is 0 Å². The number of rotatable bonds is 10. The van der Waals surface area contributed by atoms with Crippen LogP contribution in [0.1, 0.15) is 11.1 Å². The Labute approximate surface area is 194 Å². The van der Waals surface area contributed by atoms with Crippen molar-refractivity contribution in [2.45, 2.75) is 13.0 Å². The van der Waals surface area contributed by atoms with E-state index in [9.17, 15) is 4.79 Å². The Hall–Kier alpha value is -3.87. The Balaban J connectivity index is 2.01. The predicted octanol–water partition coefficient (Wildman–Crippen LogP) is 4.51. The third kappa shape index (κ3) is 5.68. The molecule has 0 aliphatic rings. The van der Waals surface area contributed by atoms with E-state index in [4.69, 9.17) is 23.7 Å². The van der Waals surface area contributed by atoms with Crippen molar-refractivity contribution in [3.05, 3.63) is 71.8 Å². The van der Waals surface area contributed by atoms with Crippen LogP contribution in [-0.4, -0.2) is 41.5 Å². The van der Waals surface area contributed by atoms with Gasteiger partial charge in [0.25, 0.3) is 0 Å². The molecule has 3 aromatic rings. The zero-order valence-electron chi connectivity index (χ0n) is 19.6. The third-order valence-corrected chi connectivity index (χ3v) is 5.25. The quantitative estimate of drug-likeness (QED) is 0.452. The lowest BCUT2D eigenvalue weighted by Gasteiger charge is -2.25. The fourth-order valence-electron chi connectivity index (χ4n) is 3.51. The maximum Gasteiger partial charge on any atom is 0.231 e. The van der Waals surface area contributed by atoms with Crippen molar-refractivity contribution in [3.63, 3.8) is 0 Å². The zero-order chi connectivity index (χ0) is 23.8. The van der Waals surface area contributed by atoms with Crippen LogP contribution in [0, 0.1) is 0 Å². The molecule has 174 valence electrons. The van der Waals surface area contributed by atoms with Crippen LogP contribution in [0.15, 0.2) is 60.7 Å². The van der Waals surface area contributed by atoms with Crippen LogP contribution in [0.4, 0.5) is 5.69 Å². The summed E-state index contributed by atoms with van der Waals surface area (Å²) in [6, 6.07) is 18.6. The van der Waals surface area contributed by atoms with Crippen molar-refractivity contribution in [1.29, 1.82) is 0 Å². The molecule has 0 radical (unpaired) electrons. The fraction of sp³-hybridized carbons (Fsp3) is 0.269. The molecule has 33 heavy (non-hydrogen) atoms. The molecule has 0 aromatic heterocycles. The molecule has 3 aromatic carbocycles. The van der Waals surface area contributed by atoms with Crippen LogP contribution in [0.3, 0.4) is 0 Å². The third-order valence-electron chi connectivity index (χ3n) is 5.25. The first-order chi connectivity index (χ1) is 16.0. The minimum Gasteiger partial charge on any atom is -0.497 e. The monoisotopic (exact) mass is 451 g/mol. The maximum absolute atomic E-state index is 13.5. The fourth-order valence-corrected chi connectivity index (χ4v) is 3.51. The van der Waals surface area contributed by atoms with E-state index >= 15 is 0 Å². The van der Waals surface area contributed by atoms with E-state index in [-0.39, 0.29) is 12.3 Å². The Bertz CT molecular complexity index is 1060. The molecular weight excluding hydrogens is 422 g/mol. The van der Waals surface area contributed by atoms with Gasteiger partial charge in [-0.1, -0.05) is 24.3 Å². The van der Waals surface area contributed by atoms with Gasteiger partial charge in [0.05, 0.1) is 54.2 Å². The van der Waals surface area contributed by atoms with Gasteiger partial charge in [-0.3, -0.25) is 4.79 Å². The summed E-state index contributed by atoms with van der Waals surface area (Å²) >= 11 is 0. The van der Waals surface area contributed by atoms with Gasteiger partial charge in [0.15, 0.2) is 11.5 Å². The largest absolute Gasteiger partial charge is 0.497 e. The molecule has 0 saturated heterocycles. The summed E-state index contributed by atoms with van der Waals surface area (Å²) in [5.41, 5.74) is 2.43. The molecule has 0 fully saturated rings. The molecule has 0 N–H and O–H groups in total. The number of carbonyl (C=O) groups excluding carboxylic acids is 1. The molecule has 0 spiro atoms. The first kappa shape index (κ1) is 23.8. The smallest absolute Gasteiger partial charge is 0.231 e. The van der Waals surface area contributed by atoms with Crippen LogP contribution in [0.2, 0.25) is 0 Å². The summed E-state index contributed by atoms with van der Waals surface area (Å²) in [5.74, 6) is 2.78. The van der Waals surface area contributed by atoms with E-state index in [0.29, 0.717) is 35.2 Å². The number of anilines is 1. The van der Waals surface area contributed by atoms with Gasteiger partial charge in [-0.25, -0.2) is 0 Å². The molecule has 0 atom stereocenters. The maximum atomic E-state index is 13.5. The SMILES string of the molecule is COc1ccc(CN(C(=O)Cc2cccc(OC)c2)c2cc(OC)c(OC)c(OC)c2)cc1. The van der Waals surface area contributed by atoms with Crippen molar-refractivity contribution in [1.82, 2.24) is 0 Å². The normalized spacial score (nSPS) is 10.3. The predicted molar refractivity (Wildman–Crippen MR) is 127 cm³/mol. The van der Waals surface area contributed by atoms with Crippen molar-refractivity contribution in [3.8, 4) is 28.7 Å². The van der Waals surface area contributed by atoms with Gasteiger partial charge < -0.3 is 28.6 Å². The van der Waals surface area contributed by atoms with Crippen molar-refractivity contribution in [2.75, 3.05) is 40.4 Å². The highest BCUT2D eigenvalue weighted by Gasteiger charge is 2.22. The molecule has 0 aliphatic carbocycles. The summed E-state index contributed by atoms with van der Waals surface area (Å²) in [5, 5.41) is 0. The van der Waals surface area contributed by atoms with Gasteiger partial charge in [-0.15, -0.1) is 0 Å². The molecule has 7 nitrogen and oxygen atoms in total. The van der Waals surface area contributed by atoms with E-state index in [1.165, 1.54) is 0 Å². The molecule has 0 heterocycles. The van der Waals surface area contributed by atoms with Gasteiger partial charge in [0, 0.05) is 12.1 Å². The molecular formula is C26H29NO6. The average Bonchev–Trinajstić information content (AvgIpc) is 2.86. The molecule has 7 heteroatoms. The number of hydrogen-bond donors (Lipinski definition) is 0. The number of hydrogen-bond acceptors (Lipinski definition) is 6. The van der Waals surface area contributed by atoms with Crippen molar-refractivity contribution < 1.29 is 28.5 Å². The number of methoxy groups -OCH3 is 5. The Morgan fingerprint density at radius 1 is 0.697 bits per heavy atom. The van der Waals surface area contributed by atoms with Crippen LogP contribution in [-0.2, 0) is 17.8 Å². The lowest BCUT2D eigenvalue weighted by atomic mass is 10.1. The van der Waals surface area contributed by atoms with Crippen LogP contribution >= 0.6 is 0 Å². The molecule has 0 saturated carbocycles. The first-order valence-corrected chi connectivity index (χ1v) is 10.4. The van der Waals surface area contributed by atoms with Gasteiger partial charge in [-0.2, -0.15) is 0 Å². The number of benzene rings is 3. The summed E-state index contributed by atoms with van der Waals surface area (Å²) in [7, 11) is 7.87. The Morgan fingerprint density at radius 2 is 1.33 bits per heavy atom. The van der Waals surface area contributed by atoms with Gasteiger partial charge in [0.1, 0.15) is 11.5 Å². The number of carbonyl (C=O) groups is 1. The van der Waals surface area contributed by atoms with E-state index in [1.54, 1.807) is 52.6 Å². The van der Waals surface area contributed by atoms with E-state index < -0.39 is 0 Å². The second kappa shape index (κ2) is 11.1. The van der Waals surface area contributed by atoms with E-state index in [1.807, 2.05) is 48.5 Å². The highest BCUT2D eigenvalue weighted by atomic mass is 16.5. The topological polar surface area (TPSA) is 66.5 Å². The highest BCUT2D eigenvalue weighted by molar-refractivity contribution is 5.95. The second-order valence-electron chi connectivity index (χ2n) is 7.24. The minimum atomic E-state index is -0.0895. The minimum absolute atomic E-state index is 0.0895. The Morgan fingerprint density at radius 3 is 1.88 bits per heavy atom. The van der Waals surface area contributed by atoms with Crippen molar-refractivity contribution >= 4 is 11.6 Å². The summed E-state index contributed by atoms with van der Waals surface area (Å²) in [6.45, 7) is 0.353. The molecule has 0 unspecified atom stereocenters. The average molecular weight is 452 g/mol. The first-order valence-electron chi connectivity index (χ1n) is 10.4. The zero-order valence-corrected chi connectivity index (χ0v) is 19.6. The van der Waals surface area contributed by atoms with Gasteiger partial charge in [-0.05, 0) is 35.4 Å². The Kier molecular flexibility index (Phi) is 8.02. The van der Waals surface area contributed by atoms with E-state index in [2.05, 4.69) is 0 Å². The number of nitrogens with zero attached hydrogens (tertiary/aromatic N) is 1. The molecule has 0 aliphatic heterocycles. The van der Waals surface area contributed by atoms with Gasteiger partial charge >= 0.3 is 0 Å². The summed E-state index contributed by atoms with van der Waals surface area (Å²) < 4.78 is 27.0. The van der Waals surface area contributed by atoms with Gasteiger partial charge in [0.2, 0.25) is 11.7 Å². The molecule has 1 amide bonds. The number of ether oxygens (including phenoxy) is 5. The second-order valence-corrected chi connectivity index (χ2v) is 7.24. The summed E-state index contributed by atoms with van der Waals surface area (Å²) in [6.07, 6.45) is 0.198. The van der Waals surface area contributed by atoms with Crippen LogP contribution in [0.5, 0.6) is 28.7 Å². The molecule has 3 rings (SSSR count). The lowest BCUT2D eigenvalue weighted by Crippen LogP contribution is -2.32. The standard InChI is InChI=1S/C26H29NO6/c1-29-21-11-9-18(10-12-21)17-27(25(28)14-19-7-6-8-22(13-19)30-2)20-15-23(31-3)26(33-5)24(16-20)32-4/h6-13,15-16H,14,17H2,1-5H3. The molecule has 0 bridgehead atoms.